The van der Waals surface area contributed by atoms with E-state index in [2.05, 4.69) is 34.6 Å². The van der Waals surface area contributed by atoms with Gasteiger partial charge in [-0.05, 0) is 36.0 Å². The zero-order valence-electron chi connectivity index (χ0n) is 10.0. The number of rotatable bonds is 6. The first-order valence-corrected chi connectivity index (χ1v) is 7.55. The first-order valence-electron chi connectivity index (χ1n) is 5.82. The van der Waals surface area contributed by atoms with Gasteiger partial charge in [0.25, 0.3) is 0 Å². The van der Waals surface area contributed by atoms with Gasteiger partial charge in [0.1, 0.15) is 0 Å². The molecule has 0 bridgehead atoms. The average molecular weight is 250 g/mol. The van der Waals surface area contributed by atoms with E-state index < -0.39 is 10.8 Å². The summed E-state index contributed by atoms with van der Waals surface area (Å²) in [6.07, 6.45) is 4.67. The fourth-order valence-corrected chi connectivity index (χ4v) is 2.39. The minimum Gasteiger partial charge on any atom is -0.361 e. The molecule has 0 amide bonds. The predicted molar refractivity (Wildman–Crippen MR) is 73.6 cm³/mol. The number of aromatic amines is 1. The predicted octanol–water partition coefficient (Wildman–Crippen LogP) is 2.03. The van der Waals surface area contributed by atoms with Gasteiger partial charge in [0.2, 0.25) is 0 Å². The molecule has 4 heteroatoms. The molecule has 0 fully saturated rings. The summed E-state index contributed by atoms with van der Waals surface area (Å²) in [6, 6.07) is 8.51. The Labute approximate surface area is 104 Å². The monoisotopic (exact) mass is 250 g/mol. The van der Waals surface area contributed by atoms with E-state index >= 15 is 0 Å². The Morgan fingerprint density at radius 3 is 3.06 bits per heavy atom. The van der Waals surface area contributed by atoms with E-state index in [-0.39, 0.29) is 0 Å². The molecule has 2 rings (SSSR count). The molecule has 1 heterocycles. The van der Waals surface area contributed by atoms with Crippen LogP contribution in [0.5, 0.6) is 0 Å². The van der Waals surface area contributed by atoms with Gasteiger partial charge in [-0.1, -0.05) is 12.1 Å². The lowest BCUT2D eigenvalue weighted by molar-refractivity contribution is 0.662. The second-order valence-electron chi connectivity index (χ2n) is 4.21. The Balaban J connectivity index is 1.80. The third kappa shape index (κ3) is 3.68. The summed E-state index contributed by atoms with van der Waals surface area (Å²) in [5.74, 6) is 0.780. The molecule has 0 spiro atoms. The summed E-state index contributed by atoms with van der Waals surface area (Å²) in [7, 11) is -0.672. The van der Waals surface area contributed by atoms with Crippen LogP contribution >= 0.6 is 0 Å². The topological polar surface area (TPSA) is 44.9 Å². The summed E-state index contributed by atoms with van der Waals surface area (Å²) < 4.78 is 10.9. The van der Waals surface area contributed by atoms with Gasteiger partial charge in [0.15, 0.2) is 0 Å². The van der Waals surface area contributed by atoms with Crippen LogP contribution in [-0.4, -0.2) is 27.7 Å². The van der Waals surface area contributed by atoms with E-state index in [0.717, 1.165) is 25.3 Å². The first-order chi connectivity index (χ1) is 8.25. The molecule has 1 unspecified atom stereocenters. The molecule has 0 aliphatic carbocycles. The first kappa shape index (κ1) is 12.3. The Kier molecular flexibility index (Phi) is 4.34. The van der Waals surface area contributed by atoms with Crippen molar-refractivity contribution in [1.82, 2.24) is 10.3 Å². The standard InChI is InChI=1S/C13H18N2OS/c1-17(16)8-2-6-14-10-11-3-4-12-5-7-15-13(12)9-11/h3-5,7,9,14-15H,2,6,8,10H2,1H3. The van der Waals surface area contributed by atoms with E-state index in [0.29, 0.717) is 0 Å². The minimum absolute atomic E-state index is 0.672. The number of hydrogen-bond acceptors (Lipinski definition) is 2. The Bertz CT molecular complexity index is 507. The lowest BCUT2D eigenvalue weighted by Crippen LogP contribution is -2.16. The SMILES string of the molecule is CS(=O)CCCNCc1ccc2cc[nH]c2c1. The molecule has 92 valence electrons. The molecule has 0 aliphatic heterocycles. The molecule has 0 aliphatic rings. The van der Waals surface area contributed by atoms with E-state index in [1.807, 2.05) is 6.20 Å². The number of nitrogens with one attached hydrogen (secondary N) is 2. The Morgan fingerprint density at radius 1 is 1.35 bits per heavy atom. The number of fused-ring (bicyclic) bond motifs is 1. The van der Waals surface area contributed by atoms with Gasteiger partial charge in [0.05, 0.1) is 0 Å². The van der Waals surface area contributed by atoms with Gasteiger partial charge < -0.3 is 10.3 Å². The highest BCUT2D eigenvalue weighted by atomic mass is 32.2. The van der Waals surface area contributed by atoms with Crippen LogP contribution in [0.1, 0.15) is 12.0 Å². The Morgan fingerprint density at radius 2 is 2.24 bits per heavy atom. The molecule has 17 heavy (non-hydrogen) atoms. The molecule has 0 saturated heterocycles. The van der Waals surface area contributed by atoms with Gasteiger partial charge >= 0.3 is 0 Å². The van der Waals surface area contributed by atoms with E-state index in [4.69, 9.17) is 0 Å². The van der Waals surface area contributed by atoms with Crippen LogP contribution in [0.3, 0.4) is 0 Å². The number of benzene rings is 1. The third-order valence-corrected chi connectivity index (χ3v) is 3.60. The third-order valence-electron chi connectivity index (χ3n) is 2.73. The highest BCUT2D eigenvalue weighted by molar-refractivity contribution is 7.84. The van der Waals surface area contributed by atoms with Gasteiger partial charge in [-0.3, -0.25) is 4.21 Å². The van der Waals surface area contributed by atoms with Crippen LogP contribution < -0.4 is 5.32 Å². The van der Waals surface area contributed by atoms with Crippen LogP contribution in [0.4, 0.5) is 0 Å². The molecule has 2 aromatic rings. The van der Waals surface area contributed by atoms with Crippen molar-refractivity contribution in [3.8, 4) is 0 Å². The Hall–Kier alpha value is -1.13. The second kappa shape index (κ2) is 5.98. The molecule has 0 radical (unpaired) electrons. The van der Waals surface area contributed by atoms with Crippen molar-refractivity contribution in [2.75, 3.05) is 18.6 Å². The average Bonchev–Trinajstić information content (AvgIpc) is 2.75. The zero-order chi connectivity index (χ0) is 12.1. The van der Waals surface area contributed by atoms with Gasteiger partial charge in [-0.2, -0.15) is 0 Å². The summed E-state index contributed by atoms with van der Waals surface area (Å²) in [5, 5.41) is 4.61. The molecule has 1 aromatic carbocycles. The highest BCUT2D eigenvalue weighted by Gasteiger charge is 1.97. The van der Waals surface area contributed by atoms with Gasteiger partial charge in [0, 0.05) is 41.1 Å². The quantitative estimate of drug-likeness (QED) is 0.770. The largest absolute Gasteiger partial charge is 0.361 e. The van der Waals surface area contributed by atoms with Crippen LogP contribution in [-0.2, 0) is 17.3 Å². The maximum Gasteiger partial charge on any atom is 0.0457 e. The lowest BCUT2D eigenvalue weighted by Gasteiger charge is -2.04. The van der Waals surface area contributed by atoms with Crippen LogP contribution in [0.2, 0.25) is 0 Å². The maximum absolute atomic E-state index is 10.9. The fourth-order valence-electron chi connectivity index (χ4n) is 1.84. The summed E-state index contributed by atoms with van der Waals surface area (Å²) in [5.41, 5.74) is 2.46. The fraction of sp³-hybridized carbons (Fsp3) is 0.385. The van der Waals surface area contributed by atoms with E-state index in [9.17, 15) is 4.21 Å². The summed E-state index contributed by atoms with van der Waals surface area (Å²) in [6.45, 7) is 1.79. The van der Waals surface area contributed by atoms with E-state index in [1.54, 1.807) is 6.26 Å². The summed E-state index contributed by atoms with van der Waals surface area (Å²) in [4.78, 5) is 3.21. The molecule has 0 saturated carbocycles. The number of H-pyrrole nitrogens is 1. The van der Waals surface area contributed by atoms with Crippen molar-refractivity contribution >= 4 is 21.7 Å². The number of aromatic nitrogens is 1. The molecule has 1 atom stereocenters. The normalized spacial score (nSPS) is 13.0. The molecule has 3 nitrogen and oxygen atoms in total. The lowest BCUT2D eigenvalue weighted by atomic mass is 10.1. The zero-order valence-corrected chi connectivity index (χ0v) is 10.8. The highest BCUT2D eigenvalue weighted by Crippen LogP contribution is 2.13. The van der Waals surface area contributed by atoms with Crippen LogP contribution in [0.15, 0.2) is 30.5 Å². The molecule has 2 N–H and O–H groups in total. The second-order valence-corrected chi connectivity index (χ2v) is 5.76. The maximum atomic E-state index is 10.9. The smallest absolute Gasteiger partial charge is 0.0457 e. The van der Waals surface area contributed by atoms with Crippen molar-refractivity contribution in [2.24, 2.45) is 0 Å². The van der Waals surface area contributed by atoms with Crippen molar-refractivity contribution < 1.29 is 4.21 Å². The van der Waals surface area contributed by atoms with E-state index in [1.165, 1.54) is 16.5 Å². The molecular weight excluding hydrogens is 232 g/mol. The van der Waals surface area contributed by atoms with Crippen LogP contribution in [0, 0.1) is 0 Å². The van der Waals surface area contributed by atoms with Crippen LogP contribution in [0.25, 0.3) is 10.9 Å². The minimum atomic E-state index is -0.672. The van der Waals surface area contributed by atoms with Gasteiger partial charge in [-0.25, -0.2) is 0 Å². The van der Waals surface area contributed by atoms with Crippen molar-refractivity contribution in [1.29, 1.82) is 0 Å². The summed E-state index contributed by atoms with van der Waals surface area (Å²) >= 11 is 0. The van der Waals surface area contributed by atoms with Crippen molar-refractivity contribution in [2.45, 2.75) is 13.0 Å². The van der Waals surface area contributed by atoms with Crippen molar-refractivity contribution in [3.63, 3.8) is 0 Å². The van der Waals surface area contributed by atoms with Crippen molar-refractivity contribution in [3.05, 3.63) is 36.0 Å². The number of hydrogen-bond donors (Lipinski definition) is 2. The van der Waals surface area contributed by atoms with Gasteiger partial charge in [-0.15, -0.1) is 0 Å². The molecular formula is C13H18N2OS. The molecule has 1 aromatic heterocycles.